The minimum Gasteiger partial charge on any atom is -0.493 e. The molecule has 1 amide bonds. The molecule has 0 aliphatic carbocycles. The van der Waals surface area contributed by atoms with Crippen molar-refractivity contribution in [1.82, 2.24) is 5.32 Å². The summed E-state index contributed by atoms with van der Waals surface area (Å²) in [6.07, 6.45) is 0. The number of hydrogen-bond donors (Lipinski definition) is 1. The number of benzene rings is 1. The average Bonchev–Trinajstić information content (AvgIpc) is 2.44. The van der Waals surface area contributed by atoms with Gasteiger partial charge in [-0.2, -0.15) is 0 Å². The van der Waals surface area contributed by atoms with Crippen LogP contribution < -0.4 is 19.5 Å². The molecule has 118 valence electrons. The van der Waals surface area contributed by atoms with Gasteiger partial charge in [0.1, 0.15) is 0 Å². The molecule has 0 spiro atoms. The molecular formula is C16H25NO4. The fourth-order valence-electron chi connectivity index (χ4n) is 1.71. The molecule has 1 N–H and O–H groups in total. The standard InChI is InChI=1S/C16H25NO4/c1-10(16(2,3)4)17-15(18)11-8-12(19-5)14(21-7)13(9-11)20-6/h8-10H,1-7H3,(H,17,18). The van der Waals surface area contributed by atoms with Crippen LogP contribution in [0.15, 0.2) is 12.1 Å². The Morgan fingerprint density at radius 3 is 1.86 bits per heavy atom. The second-order valence-corrected chi connectivity index (χ2v) is 5.98. The molecule has 1 aromatic carbocycles. The predicted molar refractivity (Wildman–Crippen MR) is 82.5 cm³/mol. The van der Waals surface area contributed by atoms with Crippen LogP contribution >= 0.6 is 0 Å². The summed E-state index contributed by atoms with van der Waals surface area (Å²) in [6, 6.07) is 3.32. The number of carbonyl (C=O) groups is 1. The molecule has 1 unspecified atom stereocenters. The largest absolute Gasteiger partial charge is 0.493 e. The first-order valence-corrected chi connectivity index (χ1v) is 6.85. The Morgan fingerprint density at radius 2 is 1.52 bits per heavy atom. The highest BCUT2D eigenvalue weighted by atomic mass is 16.5. The lowest BCUT2D eigenvalue weighted by Crippen LogP contribution is -2.41. The third-order valence-corrected chi connectivity index (χ3v) is 3.57. The van der Waals surface area contributed by atoms with Gasteiger partial charge < -0.3 is 19.5 Å². The van der Waals surface area contributed by atoms with Gasteiger partial charge in [-0.05, 0) is 24.5 Å². The minimum atomic E-state index is -0.170. The van der Waals surface area contributed by atoms with Crippen LogP contribution in [0.2, 0.25) is 0 Å². The van der Waals surface area contributed by atoms with Gasteiger partial charge in [-0.1, -0.05) is 20.8 Å². The quantitative estimate of drug-likeness (QED) is 0.907. The fraction of sp³-hybridized carbons (Fsp3) is 0.562. The van der Waals surface area contributed by atoms with Crippen molar-refractivity contribution in [1.29, 1.82) is 0 Å². The molecule has 0 radical (unpaired) electrons. The van der Waals surface area contributed by atoms with Gasteiger partial charge in [0.15, 0.2) is 11.5 Å². The molecule has 0 saturated heterocycles. The molecule has 0 aromatic heterocycles. The Kier molecular flexibility index (Phi) is 5.47. The summed E-state index contributed by atoms with van der Waals surface area (Å²) in [5.74, 6) is 1.23. The molecule has 5 nitrogen and oxygen atoms in total. The molecule has 21 heavy (non-hydrogen) atoms. The van der Waals surface area contributed by atoms with E-state index in [4.69, 9.17) is 14.2 Å². The molecule has 0 fully saturated rings. The second-order valence-electron chi connectivity index (χ2n) is 5.98. The van der Waals surface area contributed by atoms with E-state index < -0.39 is 0 Å². The number of carbonyl (C=O) groups excluding carboxylic acids is 1. The molecule has 1 rings (SSSR count). The van der Waals surface area contributed by atoms with E-state index in [1.165, 1.54) is 21.3 Å². The number of ether oxygens (including phenoxy) is 3. The highest BCUT2D eigenvalue weighted by Crippen LogP contribution is 2.38. The number of hydrogen-bond acceptors (Lipinski definition) is 4. The SMILES string of the molecule is COc1cc(C(=O)NC(C)C(C)(C)C)cc(OC)c1OC. The van der Waals surface area contributed by atoms with Crippen LogP contribution in [0, 0.1) is 5.41 Å². The molecular weight excluding hydrogens is 270 g/mol. The minimum absolute atomic E-state index is 0.0176. The first-order chi connectivity index (χ1) is 9.74. The molecule has 0 saturated carbocycles. The van der Waals surface area contributed by atoms with Gasteiger partial charge in [-0.15, -0.1) is 0 Å². The van der Waals surface area contributed by atoms with Crippen LogP contribution in [-0.4, -0.2) is 33.3 Å². The van der Waals surface area contributed by atoms with Crippen molar-refractivity contribution < 1.29 is 19.0 Å². The van der Waals surface area contributed by atoms with E-state index in [0.717, 1.165) is 0 Å². The molecule has 0 heterocycles. The number of rotatable bonds is 5. The van der Waals surface area contributed by atoms with E-state index in [1.54, 1.807) is 12.1 Å². The zero-order valence-electron chi connectivity index (χ0n) is 13.9. The lowest BCUT2D eigenvalue weighted by atomic mass is 9.88. The molecule has 0 bridgehead atoms. The van der Waals surface area contributed by atoms with E-state index >= 15 is 0 Å². The van der Waals surface area contributed by atoms with Gasteiger partial charge in [-0.3, -0.25) is 4.79 Å². The van der Waals surface area contributed by atoms with Crippen molar-refractivity contribution >= 4 is 5.91 Å². The Labute approximate surface area is 126 Å². The van der Waals surface area contributed by atoms with Crippen LogP contribution in [0.1, 0.15) is 38.1 Å². The summed E-state index contributed by atoms with van der Waals surface area (Å²) in [6.45, 7) is 8.21. The molecule has 0 aliphatic heterocycles. The Bertz CT molecular complexity index is 480. The summed E-state index contributed by atoms with van der Waals surface area (Å²) >= 11 is 0. The molecule has 1 atom stereocenters. The first kappa shape index (κ1) is 17.1. The van der Waals surface area contributed by atoms with Crippen LogP contribution in [-0.2, 0) is 0 Å². The van der Waals surface area contributed by atoms with Crippen LogP contribution in [0.4, 0.5) is 0 Å². The highest BCUT2D eigenvalue weighted by molar-refractivity contribution is 5.95. The maximum absolute atomic E-state index is 12.4. The maximum Gasteiger partial charge on any atom is 0.251 e. The van der Waals surface area contributed by atoms with Gasteiger partial charge in [0.25, 0.3) is 5.91 Å². The third kappa shape index (κ3) is 4.03. The second kappa shape index (κ2) is 6.70. The maximum atomic E-state index is 12.4. The van der Waals surface area contributed by atoms with Crippen LogP contribution in [0.5, 0.6) is 17.2 Å². The summed E-state index contributed by atoms with van der Waals surface area (Å²) in [5.41, 5.74) is 0.455. The van der Waals surface area contributed by atoms with E-state index in [9.17, 15) is 4.79 Å². The predicted octanol–water partition coefficient (Wildman–Crippen LogP) is 2.88. The molecule has 1 aromatic rings. The van der Waals surface area contributed by atoms with Crippen LogP contribution in [0.3, 0.4) is 0 Å². The Balaban J connectivity index is 3.11. The Hall–Kier alpha value is -1.91. The van der Waals surface area contributed by atoms with Crippen LogP contribution in [0.25, 0.3) is 0 Å². The zero-order chi connectivity index (χ0) is 16.2. The lowest BCUT2D eigenvalue weighted by molar-refractivity contribution is 0.0909. The summed E-state index contributed by atoms with van der Waals surface area (Å²) in [5, 5.41) is 2.99. The molecule has 5 heteroatoms. The first-order valence-electron chi connectivity index (χ1n) is 6.85. The smallest absolute Gasteiger partial charge is 0.251 e. The van der Waals surface area contributed by atoms with Gasteiger partial charge in [0.05, 0.1) is 21.3 Å². The van der Waals surface area contributed by atoms with Gasteiger partial charge in [0, 0.05) is 11.6 Å². The number of nitrogens with one attached hydrogen (secondary N) is 1. The average molecular weight is 295 g/mol. The third-order valence-electron chi connectivity index (χ3n) is 3.57. The molecule has 0 aliphatic rings. The summed E-state index contributed by atoms with van der Waals surface area (Å²) < 4.78 is 15.8. The highest BCUT2D eigenvalue weighted by Gasteiger charge is 2.23. The van der Waals surface area contributed by atoms with Gasteiger partial charge >= 0.3 is 0 Å². The van der Waals surface area contributed by atoms with Crippen molar-refractivity contribution in [2.45, 2.75) is 33.7 Å². The van der Waals surface area contributed by atoms with E-state index in [0.29, 0.717) is 22.8 Å². The summed E-state index contributed by atoms with van der Waals surface area (Å²) in [4.78, 5) is 12.4. The van der Waals surface area contributed by atoms with Crippen molar-refractivity contribution in [3.8, 4) is 17.2 Å². The van der Waals surface area contributed by atoms with Crippen molar-refractivity contribution in [2.24, 2.45) is 5.41 Å². The zero-order valence-corrected chi connectivity index (χ0v) is 13.9. The number of amides is 1. The van der Waals surface area contributed by atoms with E-state index in [1.807, 2.05) is 6.92 Å². The monoisotopic (exact) mass is 295 g/mol. The van der Waals surface area contributed by atoms with Gasteiger partial charge in [0.2, 0.25) is 5.75 Å². The van der Waals surface area contributed by atoms with Crippen molar-refractivity contribution in [2.75, 3.05) is 21.3 Å². The van der Waals surface area contributed by atoms with Gasteiger partial charge in [-0.25, -0.2) is 0 Å². The normalized spacial score (nSPS) is 12.5. The summed E-state index contributed by atoms with van der Waals surface area (Å²) in [7, 11) is 4.58. The Morgan fingerprint density at radius 1 is 1.05 bits per heavy atom. The number of methoxy groups -OCH3 is 3. The van der Waals surface area contributed by atoms with E-state index in [-0.39, 0.29) is 17.4 Å². The van der Waals surface area contributed by atoms with E-state index in [2.05, 4.69) is 26.1 Å². The lowest BCUT2D eigenvalue weighted by Gasteiger charge is -2.28. The topological polar surface area (TPSA) is 56.8 Å². The van der Waals surface area contributed by atoms with Crippen molar-refractivity contribution in [3.63, 3.8) is 0 Å². The van der Waals surface area contributed by atoms with Crippen molar-refractivity contribution in [3.05, 3.63) is 17.7 Å². The fourth-order valence-corrected chi connectivity index (χ4v) is 1.71.